The Labute approximate surface area is 159 Å². The van der Waals surface area contributed by atoms with Crippen molar-refractivity contribution in [3.05, 3.63) is 35.5 Å². The van der Waals surface area contributed by atoms with Gasteiger partial charge in [0.2, 0.25) is 17.7 Å². The first-order valence-electron chi connectivity index (χ1n) is 8.67. The summed E-state index contributed by atoms with van der Waals surface area (Å²) in [7, 11) is 0. The molecule has 2 N–H and O–H groups in total. The first-order chi connectivity index (χ1) is 13.1. The van der Waals surface area contributed by atoms with Crippen LogP contribution in [0.2, 0.25) is 0 Å². The number of alkyl halides is 3. The highest BCUT2D eigenvalue weighted by molar-refractivity contribution is 5.99. The van der Waals surface area contributed by atoms with E-state index in [1.54, 1.807) is 0 Å². The monoisotopic (exact) mass is 398 g/mol. The molecule has 0 aliphatic rings. The Balaban J connectivity index is 2.01. The molecule has 0 aliphatic heterocycles. The van der Waals surface area contributed by atoms with Crippen LogP contribution in [-0.4, -0.2) is 22.0 Å². The number of hydrogen-bond acceptors (Lipinski definition) is 5. The normalized spacial score (nSPS) is 11.5. The second-order valence-corrected chi connectivity index (χ2v) is 6.54. The largest absolute Gasteiger partial charge is 0.416 e. The minimum Gasteiger partial charge on any atom is -0.339 e. The average Bonchev–Trinajstić information content (AvgIpc) is 3.04. The number of nitrogens with zero attached hydrogens (tertiary/aromatic N) is 2. The number of carbonyl (C=O) groups is 2. The Morgan fingerprint density at radius 2 is 1.89 bits per heavy atom. The summed E-state index contributed by atoms with van der Waals surface area (Å²) in [6, 6.07) is 2.73. The van der Waals surface area contributed by atoms with E-state index in [1.165, 1.54) is 6.92 Å². The van der Waals surface area contributed by atoms with Crippen LogP contribution in [0.5, 0.6) is 0 Å². The number of halogens is 3. The predicted octanol–water partition coefficient (Wildman–Crippen LogP) is 4.13. The maximum atomic E-state index is 12.9. The van der Waals surface area contributed by atoms with Gasteiger partial charge in [-0.05, 0) is 24.6 Å². The second kappa shape index (κ2) is 8.85. The molecule has 1 aromatic carbocycles. The molecule has 7 nitrogen and oxygen atoms in total. The van der Waals surface area contributed by atoms with Gasteiger partial charge in [0.15, 0.2) is 5.82 Å². The van der Waals surface area contributed by atoms with Gasteiger partial charge in [-0.1, -0.05) is 19.0 Å². The van der Waals surface area contributed by atoms with Gasteiger partial charge < -0.3 is 15.2 Å². The highest BCUT2D eigenvalue weighted by Gasteiger charge is 2.31. The lowest BCUT2D eigenvalue weighted by atomic mass is 10.1. The Kier molecular flexibility index (Phi) is 6.76. The molecule has 10 heteroatoms. The van der Waals surface area contributed by atoms with Crippen LogP contribution in [0.4, 0.5) is 24.5 Å². The number of amides is 2. The van der Waals surface area contributed by atoms with Gasteiger partial charge in [-0.25, -0.2) is 0 Å². The van der Waals surface area contributed by atoms with Gasteiger partial charge >= 0.3 is 6.18 Å². The lowest BCUT2D eigenvalue weighted by Gasteiger charge is -2.14. The minimum absolute atomic E-state index is 0.0369. The van der Waals surface area contributed by atoms with Crippen molar-refractivity contribution >= 4 is 23.2 Å². The molecule has 0 fully saturated rings. The Morgan fingerprint density at radius 3 is 2.46 bits per heavy atom. The van der Waals surface area contributed by atoms with E-state index < -0.39 is 23.6 Å². The fraction of sp³-hybridized carbons (Fsp3) is 0.444. The summed E-state index contributed by atoms with van der Waals surface area (Å²) in [6.45, 7) is 5.06. The van der Waals surface area contributed by atoms with Gasteiger partial charge in [-0.2, -0.15) is 18.2 Å². The molecule has 1 aromatic heterocycles. The molecule has 0 radical (unpaired) electrons. The van der Waals surface area contributed by atoms with Gasteiger partial charge in [0.05, 0.1) is 16.9 Å². The molecule has 2 amide bonds. The minimum atomic E-state index is -4.57. The molecule has 2 aromatic rings. The highest BCUT2D eigenvalue weighted by atomic mass is 19.4. The fourth-order valence-corrected chi connectivity index (χ4v) is 2.34. The maximum absolute atomic E-state index is 12.9. The molecule has 0 spiro atoms. The topological polar surface area (TPSA) is 97.1 Å². The molecule has 2 rings (SSSR count). The molecule has 0 bridgehead atoms. The van der Waals surface area contributed by atoms with Crippen LogP contribution in [0.15, 0.2) is 22.7 Å². The predicted molar refractivity (Wildman–Crippen MR) is 95.7 cm³/mol. The van der Waals surface area contributed by atoms with Crippen molar-refractivity contribution in [3.63, 3.8) is 0 Å². The lowest BCUT2D eigenvalue weighted by molar-refractivity contribution is -0.137. The van der Waals surface area contributed by atoms with Crippen molar-refractivity contribution in [2.24, 2.45) is 0 Å². The Hall–Kier alpha value is -2.91. The number of aryl methyl sites for hydroxylation is 1. The Morgan fingerprint density at radius 1 is 1.18 bits per heavy atom. The number of nitrogens with one attached hydrogen (secondary N) is 2. The van der Waals surface area contributed by atoms with Crippen LogP contribution >= 0.6 is 0 Å². The van der Waals surface area contributed by atoms with Crippen molar-refractivity contribution in [1.29, 1.82) is 0 Å². The molecule has 0 saturated heterocycles. The number of rotatable bonds is 7. The van der Waals surface area contributed by atoms with Crippen LogP contribution in [0.25, 0.3) is 0 Å². The van der Waals surface area contributed by atoms with Crippen molar-refractivity contribution < 1.29 is 27.3 Å². The SMILES string of the molecule is CC(=O)Nc1ccc(C(F)(F)F)cc1NC(=O)CCCc1nc(C(C)C)no1. The van der Waals surface area contributed by atoms with Gasteiger partial charge in [0.25, 0.3) is 0 Å². The van der Waals surface area contributed by atoms with Crippen LogP contribution in [0.1, 0.15) is 56.8 Å². The number of aromatic nitrogens is 2. The molecule has 0 unspecified atom stereocenters. The van der Waals surface area contributed by atoms with Crippen LogP contribution in [-0.2, 0) is 22.2 Å². The molecule has 1 heterocycles. The quantitative estimate of drug-likeness (QED) is 0.731. The lowest BCUT2D eigenvalue weighted by Crippen LogP contribution is -2.16. The summed E-state index contributed by atoms with van der Waals surface area (Å²) in [6.07, 6.45) is -3.79. The number of hydrogen-bond donors (Lipinski definition) is 2. The third-order valence-corrected chi connectivity index (χ3v) is 3.73. The summed E-state index contributed by atoms with van der Waals surface area (Å²) in [5, 5.41) is 8.64. The third kappa shape index (κ3) is 6.07. The van der Waals surface area contributed by atoms with Gasteiger partial charge in [0, 0.05) is 25.7 Å². The molecule has 0 aliphatic carbocycles. The van der Waals surface area contributed by atoms with E-state index in [9.17, 15) is 22.8 Å². The third-order valence-electron chi connectivity index (χ3n) is 3.73. The van der Waals surface area contributed by atoms with Crippen LogP contribution in [0, 0.1) is 0 Å². The molecule has 0 atom stereocenters. The number of benzene rings is 1. The fourth-order valence-electron chi connectivity index (χ4n) is 2.34. The summed E-state index contributed by atoms with van der Waals surface area (Å²) in [5.41, 5.74) is -0.953. The van der Waals surface area contributed by atoms with E-state index in [-0.39, 0.29) is 23.7 Å². The summed E-state index contributed by atoms with van der Waals surface area (Å²) < 4.78 is 43.9. The summed E-state index contributed by atoms with van der Waals surface area (Å²) >= 11 is 0. The van der Waals surface area contributed by atoms with Gasteiger partial charge in [-0.3, -0.25) is 9.59 Å². The van der Waals surface area contributed by atoms with Crippen molar-refractivity contribution in [2.75, 3.05) is 10.6 Å². The molecule has 152 valence electrons. The second-order valence-electron chi connectivity index (χ2n) is 6.54. The zero-order valence-electron chi connectivity index (χ0n) is 15.7. The summed E-state index contributed by atoms with van der Waals surface area (Å²) in [5.74, 6) is 0.133. The molecular formula is C18H21F3N4O3. The summed E-state index contributed by atoms with van der Waals surface area (Å²) in [4.78, 5) is 27.6. The van der Waals surface area contributed by atoms with Gasteiger partial charge in [0.1, 0.15) is 0 Å². The van der Waals surface area contributed by atoms with E-state index >= 15 is 0 Å². The molecule has 0 saturated carbocycles. The van der Waals surface area contributed by atoms with E-state index in [2.05, 4.69) is 20.8 Å². The van der Waals surface area contributed by atoms with Crippen LogP contribution < -0.4 is 10.6 Å². The zero-order valence-corrected chi connectivity index (χ0v) is 15.7. The first kappa shape index (κ1) is 21.4. The molecular weight excluding hydrogens is 377 g/mol. The van der Waals surface area contributed by atoms with E-state index in [0.717, 1.165) is 18.2 Å². The van der Waals surface area contributed by atoms with E-state index in [0.29, 0.717) is 24.6 Å². The smallest absolute Gasteiger partial charge is 0.339 e. The van der Waals surface area contributed by atoms with Gasteiger partial charge in [-0.15, -0.1) is 0 Å². The van der Waals surface area contributed by atoms with Crippen molar-refractivity contribution in [3.8, 4) is 0 Å². The van der Waals surface area contributed by atoms with E-state index in [1.807, 2.05) is 13.8 Å². The standard InChI is InChI=1S/C18H21F3N4O3/c1-10(2)17-24-16(28-25-17)6-4-5-15(27)23-14-9-12(18(19,20)21)7-8-13(14)22-11(3)26/h7-10H,4-6H2,1-3H3,(H,22,26)(H,23,27). The van der Waals surface area contributed by atoms with Crippen molar-refractivity contribution in [1.82, 2.24) is 10.1 Å². The number of carbonyl (C=O) groups excluding carboxylic acids is 2. The first-order valence-corrected chi connectivity index (χ1v) is 8.67. The number of anilines is 2. The van der Waals surface area contributed by atoms with E-state index in [4.69, 9.17) is 4.52 Å². The van der Waals surface area contributed by atoms with Crippen molar-refractivity contribution in [2.45, 2.75) is 52.1 Å². The molecule has 28 heavy (non-hydrogen) atoms. The highest BCUT2D eigenvalue weighted by Crippen LogP contribution is 2.34. The maximum Gasteiger partial charge on any atom is 0.416 e. The Bertz CT molecular complexity index is 847. The average molecular weight is 398 g/mol. The zero-order chi connectivity index (χ0) is 20.9. The van der Waals surface area contributed by atoms with Crippen LogP contribution in [0.3, 0.4) is 0 Å².